The monoisotopic (exact) mass is 409 g/mol. The van der Waals surface area contributed by atoms with Gasteiger partial charge in [0.05, 0.1) is 31.2 Å². The largest absolute Gasteiger partial charge is 0.493 e. The Kier molecular flexibility index (Phi) is 5.22. The predicted octanol–water partition coefficient (Wildman–Crippen LogP) is 3.05. The predicted molar refractivity (Wildman–Crippen MR) is 111 cm³/mol. The molecule has 1 aliphatic heterocycles. The van der Waals surface area contributed by atoms with Gasteiger partial charge in [0.25, 0.3) is 5.91 Å². The van der Waals surface area contributed by atoms with E-state index in [1.807, 2.05) is 13.0 Å². The van der Waals surface area contributed by atoms with Crippen LogP contribution >= 0.6 is 0 Å². The van der Waals surface area contributed by atoms with Gasteiger partial charge in [0.1, 0.15) is 5.58 Å². The van der Waals surface area contributed by atoms with Gasteiger partial charge in [-0.3, -0.25) is 9.59 Å². The van der Waals surface area contributed by atoms with E-state index in [9.17, 15) is 14.7 Å². The number of aryl methyl sites for hydroxylation is 1. The number of amides is 1. The molecule has 0 aliphatic carbocycles. The van der Waals surface area contributed by atoms with Crippen LogP contribution in [-0.2, 0) is 0 Å². The summed E-state index contributed by atoms with van der Waals surface area (Å²) in [6.07, 6.45) is 0.385. The average Bonchev–Trinajstić information content (AvgIpc) is 3.04. The Balaban J connectivity index is 1.96. The van der Waals surface area contributed by atoms with E-state index in [2.05, 4.69) is 0 Å². The first-order valence-corrected chi connectivity index (χ1v) is 9.71. The van der Waals surface area contributed by atoms with E-state index in [1.165, 1.54) is 7.11 Å². The minimum Gasteiger partial charge on any atom is -0.493 e. The lowest BCUT2D eigenvalue weighted by atomic mass is 9.97. The van der Waals surface area contributed by atoms with Crippen LogP contribution in [0.4, 0.5) is 0 Å². The summed E-state index contributed by atoms with van der Waals surface area (Å²) in [6, 6.07) is 9.99. The highest BCUT2D eigenvalue weighted by atomic mass is 16.5. The summed E-state index contributed by atoms with van der Waals surface area (Å²) in [5.74, 6) is 0.736. The molecule has 2 aromatic carbocycles. The summed E-state index contributed by atoms with van der Waals surface area (Å²) < 4.78 is 16.6. The number of benzene rings is 2. The zero-order chi connectivity index (χ0) is 21.4. The maximum absolute atomic E-state index is 13.5. The number of carbonyl (C=O) groups excluding carboxylic acids is 1. The normalized spacial score (nSPS) is 15.5. The van der Waals surface area contributed by atoms with Crippen molar-refractivity contribution in [2.45, 2.75) is 19.4 Å². The number of nitrogens with zero attached hydrogens (tertiary/aromatic N) is 1. The summed E-state index contributed by atoms with van der Waals surface area (Å²) in [5.41, 5.74) is 2.10. The third-order valence-electron chi connectivity index (χ3n) is 5.40. The van der Waals surface area contributed by atoms with Crippen molar-refractivity contribution in [2.75, 3.05) is 27.4 Å². The molecule has 0 radical (unpaired) electrons. The van der Waals surface area contributed by atoms with E-state index in [0.29, 0.717) is 40.0 Å². The van der Waals surface area contributed by atoms with E-state index in [1.54, 1.807) is 42.3 Å². The first-order valence-electron chi connectivity index (χ1n) is 9.71. The molecule has 0 spiro atoms. The Morgan fingerprint density at radius 2 is 1.83 bits per heavy atom. The Bertz CT molecular complexity index is 1180. The molecule has 7 heteroatoms. The Labute approximate surface area is 173 Å². The average molecular weight is 409 g/mol. The molecule has 1 aliphatic rings. The topological polar surface area (TPSA) is 89.2 Å². The first kappa shape index (κ1) is 20.0. The van der Waals surface area contributed by atoms with Gasteiger partial charge in [-0.1, -0.05) is 17.7 Å². The van der Waals surface area contributed by atoms with Crippen LogP contribution in [0.15, 0.2) is 45.6 Å². The van der Waals surface area contributed by atoms with Crippen LogP contribution in [0.1, 0.15) is 39.7 Å². The molecule has 4 rings (SSSR count). The quantitative estimate of drug-likeness (QED) is 0.673. The van der Waals surface area contributed by atoms with Crippen molar-refractivity contribution in [1.82, 2.24) is 4.90 Å². The van der Waals surface area contributed by atoms with Crippen LogP contribution in [0.2, 0.25) is 0 Å². The molecule has 2 heterocycles. The van der Waals surface area contributed by atoms with E-state index >= 15 is 0 Å². The van der Waals surface area contributed by atoms with Gasteiger partial charge in [-0.2, -0.15) is 0 Å². The first-order chi connectivity index (χ1) is 14.5. The molecule has 3 aromatic rings. The standard InChI is InChI=1S/C23H23NO6/c1-13-5-7-16-15(11-13)21(26)19-20(14-6-8-17(28-2)18(12-14)29-3)24(9-4-10-25)23(27)22(19)30-16/h5-8,11-12,20,25H,4,9-10H2,1-3H3/t20-/m1/s1. The fraction of sp³-hybridized carbons (Fsp3) is 0.304. The van der Waals surface area contributed by atoms with Crippen molar-refractivity contribution in [3.63, 3.8) is 0 Å². The molecule has 0 unspecified atom stereocenters. The molecule has 0 saturated heterocycles. The van der Waals surface area contributed by atoms with Crippen molar-refractivity contribution in [3.05, 3.63) is 69.1 Å². The van der Waals surface area contributed by atoms with Gasteiger partial charge in [-0.25, -0.2) is 0 Å². The summed E-state index contributed by atoms with van der Waals surface area (Å²) in [4.78, 5) is 28.2. The van der Waals surface area contributed by atoms with Gasteiger partial charge in [-0.05, 0) is 43.2 Å². The maximum Gasteiger partial charge on any atom is 0.290 e. The molecule has 1 aromatic heterocycles. The van der Waals surface area contributed by atoms with Crippen molar-refractivity contribution in [1.29, 1.82) is 0 Å². The van der Waals surface area contributed by atoms with Gasteiger partial charge >= 0.3 is 0 Å². The molecule has 7 nitrogen and oxygen atoms in total. The lowest BCUT2D eigenvalue weighted by molar-refractivity contribution is 0.0716. The zero-order valence-electron chi connectivity index (χ0n) is 17.1. The minimum absolute atomic E-state index is 0.0501. The third-order valence-corrected chi connectivity index (χ3v) is 5.40. The van der Waals surface area contributed by atoms with Crippen LogP contribution in [-0.4, -0.2) is 43.3 Å². The lowest BCUT2D eigenvalue weighted by Crippen LogP contribution is -2.31. The number of carbonyl (C=O) groups is 1. The lowest BCUT2D eigenvalue weighted by Gasteiger charge is -2.25. The Morgan fingerprint density at radius 3 is 2.53 bits per heavy atom. The number of rotatable bonds is 6. The molecule has 0 fully saturated rings. The fourth-order valence-electron chi connectivity index (χ4n) is 3.98. The Hall–Kier alpha value is -3.32. The molecular formula is C23H23NO6. The van der Waals surface area contributed by atoms with Crippen molar-refractivity contribution < 1.29 is 23.8 Å². The summed E-state index contributed by atoms with van der Waals surface area (Å²) in [5, 5.41) is 9.76. The maximum atomic E-state index is 13.5. The van der Waals surface area contributed by atoms with E-state index < -0.39 is 6.04 Å². The Morgan fingerprint density at radius 1 is 1.07 bits per heavy atom. The van der Waals surface area contributed by atoms with Crippen molar-refractivity contribution >= 4 is 16.9 Å². The number of aliphatic hydroxyl groups is 1. The second kappa shape index (κ2) is 7.84. The molecule has 0 saturated carbocycles. The molecule has 1 atom stereocenters. The molecular weight excluding hydrogens is 386 g/mol. The zero-order valence-corrected chi connectivity index (χ0v) is 17.1. The van der Waals surface area contributed by atoms with Gasteiger partial charge in [0, 0.05) is 13.2 Å². The van der Waals surface area contributed by atoms with Crippen LogP contribution < -0.4 is 14.9 Å². The molecule has 30 heavy (non-hydrogen) atoms. The number of hydrogen-bond acceptors (Lipinski definition) is 6. The SMILES string of the molecule is COc1ccc([C@@H]2c3c(oc4ccc(C)cc4c3=O)C(=O)N2CCCO)cc1OC. The molecule has 1 amide bonds. The molecule has 1 N–H and O–H groups in total. The highest BCUT2D eigenvalue weighted by Crippen LogP contribution is 2.40. The number of fused-ring (bicyclic) bond motifs is 2. The van der Waals surface area contributed by atoms with Gasteiger partial charge in [0.15, 0.2) is 16.9 Å². The highest BCUT2D eigenvalue weighted by molar-refractivity contribution is 5.99. The smallest absolute Gasteiger partial charge is 0.290 e. The highest BCUT2D eigenvalue weighted by Gasteiger charge is 2.42. The number of ether oxygens (including phenoxy) is 2. The fourth-order valence-corrected chi connectivity index (χ4v) is 3.98. The number of aliphatic hydroxyl groups excluding tert-OH is 1. The van der Waals surface area contributed by atoms with Crippen LogP contribution in [0.3, 0.4) is 0 Å². The summed E-state index contributed by atoms with van der Waals surface area (Å²) >= 11 is 0. The van der Waals surface area contributed by atoms with E-state index in [0.717, 1.165) is 5.56 Å². The van der Waals surface area contributed by atoms with E-state index in [4.69, 9.17) is 13.9 Å². The van der Waals surface area contributed by atoms with Crippen LogP contribution in [0, 0.1) is 6.92 Å². The van der Waals surface area contributed by atoms with Gasteiger partial charge < -0.3 is 23.9 Å². The molecule has 0 bridgehead atoms. The summed E-state index contributed by atoms with van der Waals surface area (Å²) in [7, 11) is 3.08. The molecule has 156 valence electrons. The summed E-state index contributed by atoms with van der Waals surface area (Å²) in [6.45, 7) is 2.12. The number of hydrogen-bond donors (Lipinski definition) is 1. The van der Waals surface area contributed by atoms with E-state index in [-0.39, 0.29) is 30.2 Å². The second-order valence-corrected chi connectivity index (χ2v) is 7.27. The minimum atomic E-state index is -0.639. The van der Waals surface area contributed by atoms with Crippen LogP contribution in [0.25, 0.3) is 11.0 Å². The van der Waals surface area contributed by atoms with Gasteiger partial charge in [-0.15, -0.1) is 0 Å². The second-order valence-electron chi connectivity index (χ2n) is 7.27. The van der Waals surface area contributed by atoms with Crippen molar-refractivity contribution in [3.8, 4) is 11.5 Å². The third kappa shape index (κ3) is 3.11. The van der Waals surface area contributed by atoms with Crippen molar-refractivity contribution in [2.24, 2.45) is 0 Å². The number of methoxy groups -OCH3 is 2. The van der Waals surface area contributed by atoms with Crippen LogP contribution in [0.5, 0.6) is 11.5 Å². The van der Waals surface area contributed by atoms with Gasteiger partial charge in [0.2, 0.25) is 5.76 Å².